The Labute approximate surface area is 134 Å². The molecule has 118 valence electrons. The molecule has 0 bridgehead atoms. The normalized spacial score (nSPS) is 24.0. The molecule has 0 spiro atoms. The zero-order valence-electron chi connectivity index (χ0n) is 12.5. The number of hydrogen-bond acceptors (Lipinski definition) is 4. The van der Waals surface area contributed by atoms with Crippen LogP contribution in [0.3, 0.4) is 0 Å². The van der Waals surface area contributed by atoms with Crippen LogP contribution in [-0.4, -0.2) is 44.5 Å². The summed E-state index contributed by atoms with van der Waals surface area (Å²) in [6.07, 6.45) is 0. The van der Waals surface area contributed by atoms with Crippen molar-refractivity contribution in [1.29, 1.82) is 0 Å². The van der Waals surface area contributed by atoms with Crippen molar-refractivity contribution in [1.82, 2.24) is 9.62 Å². The number of ether oxygens (including phenoxy) is 1. The van der Waals surface area contributed by atoms with Crippen molar-refractivity contribution < 1.29 is 13.2 Å². The first-order valence-electron chi connectivity index (χ1n) is 7.05. The fourth-order valence-corrected chi connectivity index (χ4v) is 4.79. The Bertz CT molecular complexity index is 606. The van der Waals surface area contributed by atoms with E-state index in [1.165, 1.54) is 0 Å². The number of nitrogens with zero attached hydrogens (tertiary/aromatic N) is 1. The molecule has 1 aromatic rings. The molecule has 1 heterocycles. The van der Waals surface area contributed by atoms with Gasteiger partial charge in [-0.25, -0.2) is 8.42 Å². The highest BCUT2D eigenvalue weighted by molar-refractivity contribution is 9.10. The number of rotatable bonds is 4. The Balaban J connectivity index is 2.33. The third kappa shape index (κ3) is 3.41. The Morgan fingerprint density at radius 1 is 1.43 bits per heavy atom. The molecule has 0 saturated carbocycles. The van der Waals surface area contributed by atoms with Crippen molar-refractivity contribution in [2.24, 2.45) is 0 Å². The minimum atomic E-state index is -3.49. The number of benzene rings is 1. The van der Waals surface area contributed by atoms with Crippen molar-refractivity contribution in [2.75, 3.05) is 19.7 Å². The van der Waals surface area contributed by atoms with Crippen LogP contribution >= 0.6 is 15.9 Å². The van der Waals surface area contributed by atoms with Crippen LogP contribution in [0.1, 0.15) is 20.8 Å². The molecule has 1 N–H and O–H groups in total. The van der Waals surface area contributed by atoms with Gasteiger partial charge >= 0.3 is 0 Å². The van der Waals surface area contributed by atoms with Crippen LogP contribution < -0.4 is 10.1 Å². The van der Waals surface area contributed by atoms with Crippen LogP contribution in [0.2, 0.25) is 0 Å². The van der Waals surface area contributed by atoms with Crippen molar-refractivity contribution in [3.8, 4) is 5.75 Å². The number of sulfonamides is 1. The van der Waals surface area contributed by atoms with E-state index in [9.17, 15) is 8.42 Å². The molecule has 1 aromatic carbocycles. The van der Waals surface area contributed by atoms with E-state index in [0.29, 0.717) is 34.8 Å². The highest BCUT2D eigenvalue weighted by Gasteiger charge is 2.34. The van der Waals surface area contributed by atoms with Crippen LogP contribution in [0, 0.1) is 0 Å². The van der Waals surface area contributed by atoms with Crippen LogP contribution in [0.4, 0.5) is 0 Å². The van der Waals surface area contributed by atoms with Crippen LogP contribution in [0.5, 0.6) is 5.75 Å². The molecule has 0 amide bonds. The topological polar surface area (TPSA) is 58.6 Å². The molecule has 5 nitrogen and oxygen atoms in total. The van der Waals surface area contributed by atoms with Gasteiger partial charge < -0.3 is 10.1 Å². The van der Waals surface area contributed by atoms with E-state index in [2.05, 4.69) is 21.2 Å². The van der Waals surface area contributed by atoms with Crippen LogP contribution in [-0.2, 0) is 10.0 Å². The first-order chi connectivity index (χ1) is 9.87. The molecule has 2 rings (SSSR count). The third-order valence-electron chi connectivity index (χ3n) is 3.79. The molecule has 2 atom stereocenters. The molecule has 1 aliphatic heterocycles. The van der Waals surface area contributed by atoms with Gasteiger partial charge in [0.15, 0.2) is 0 Å². The Morgan fingerprint density at radius 3 is 2.76 bits per heavy atom. The molecular formula is C14H21BrN2O3S. The zero-order chi connectivity index (χ0) is 15.6. The SMILES string of the molecule is CCOc1ccc(S(=O)(=O)N2CCNC(C)C2C)cc1Br. The summed E-state index contributed by atoms with van der Waals surface area (Å²) in [6.45, 7) is 7.51. The molecule has 1 fully saturated rings. The van der Waals surface area contributed by atoms with E-state index < -0.39 is 10.0 Å². The smallest absolute Gasteiger partial charge is 0.243 e. The zero-order valence-corrected chi connectivity index (χ0v) is 14.9. The number of piperazine rings is 1. The number of hydrogen-bond donors (Lipinski definition) is 1. The second-order valence-electron chi connectivity index (χ2n) is 5.12. The summed E-state index contributed by atoms with van der Waals surface area (Å²) in [5, 5.41) is 3.29. The molecule has 0 radical (unpaired) electrons. The summed E-state index contributed by atoms with van der Waals surface area (Å²) >= 11 is 3.37. The molecule has 21 heavy (non-hydrogen) atoms. The predicted octanol–water partition coefficient (Wildman–Crippen LogP) is 2.22. The van der Waals surface area contributed by atoms with Crippen molar-refractivity contribution >= 4 is 26.0 Å². The Hall–Kier alpha value is -0.630. The first kappa shape index (κ1) is 16.7. The Kier molecular flexibility index (Phi) is 5.29. The minimum absolute atomic E-state index is 0.0749. The van der Waals surface area contributed by atoms with Gasteiger partial charge in [-0.2, -0.15) is 4.31 Å². The van der Waals surface area contributed by atoms with Crippen molar-refractivity contribution in [2.45, 2.75) is 37.8 Å². The average Bonchev–Trinajstić information content (AvgIpc) is 2.44. The van der Waals surface area contributed by atoms with Gasteiger partial charge in [0.05, 0.1) is 16.0 Å². The molecule has 1 saturated heterocycles. The maximum atomic E-state index is 12.8. The van der Waals surface area contributed by atoms with E-state index >= 15 is 0 Å². The lowest BCUT2D eigenvalue weighted by Gasteiger charge is -2.37. The van der Waals surface area contributed by atoms with E-state index in [1.54, 1.807) is 22.5 Å². The lowest BCUT2D eigenvalue weighted by Crippen LogP contribution is -2.57. The molecule has 2 unspecified atom stereocenters. The summed E-state index contributed by atoms with van der Waals surface area (Å²) in [4.78, 5) is 0.291. The molecule has 1 aliphatic rings. The predicted molar refractivity (Wildman–Crippen MR) is 86.1 cm³/mol. The Morgan fingerprint density at radius 2 is 2.14 bits per heavy atom. The van der Waals surface area contributed by atoms with Gasteiger partial charge in [0.2, 0.25) is 10.0 Å². The van der Waals surface area contributed by atoms with Gasteiger partial charge in [0, 0.05) is 25.2 Å². The first-order valence-corrected chi connectivity index (χ1v) is 9.28. The molecular weight excluding hydrogens is 356 g/mol. The highest BCUT2D eigenvalue weighted by Crippen LogP contribution is 2.30. The second kappa shape index (κ2) is 6.64. The van der Waals surface area contributed by atoms with Crippen molar-refractivity contribution in [3.05, 3.63) is 22.7 Å². The molecule has 0 aromatic heterocycles. The summed E-state index contributed by atoms with van der Waals surface area (Å²) in [5.41, 5.74) is 0. The fourth-order valence-electron chi connectivity index (χ4n) is 2.42. The number of halogens is 1. The van der Waals surface area contributed by atoms with Gasteiger partial charge in [0.25, 0.3) is 0 Å². The van der Waals surface area contributed by atoms with E-state index in [4.69, 9.17) is 4.74 Å². The quantitative estimate of drug-likeness (QED) is 0.874. The number of nitrogens with one attached hydrogen (secondary N) is 1. The summed E-state index contributed by atoms with van der Waals surface area (Å²) < 4.78 is 33.2. The van der Waals surface area contributed by atoms with Crippen LogP contribution in [0.15, 0.2) is 27.6 Å². The van der Waals surface area contributed by atoms with Gasteiger partial charge in [-0.3, -0.25) is 0 Å². The molecule has 7 heteroatoms. The summed E-state index contributed by atoms with van der Waals surface area (Å²) in [5.74, 6) is 0.651. The van der Waals surface area contributed by atoms with Gasteiger partial charge in [-0.05, 0) is 54.9 Å². The highest BCUT2D eigenvalue weighted by atomic mass is 79.9. The van der Waals surface area contributed by atoms with E-state index in [0.717, 1.165) is 0 Å². The van der Waals surface area contributed by atoms with E-state index in [-0.39, 0.29) is 12.1 Å². The van der Waals surface area contributed by atoms with Gasteiger partial charge in [-0.15, -0.1) is 0 Å². The molecule has 0 aliphatic carbocycles. The van der Waals surface area contributed by atoms with Crippen LogP contribution in [0.25, 0.3) is 0 Å². The standard InChI is InChI=1S/C14H21BrN2O3S/c1-4-20-14-6-5-12(9-13(14)15)21(18,19)17-8-7-16-10(2)11(17)3/h5-6,9-11,16H,4,7-8H2,1-3H3. The monoisotopic (exact) mass is 376 g/mol. The largest absolute Gasteiger partial charge is 0.493 e. The maximum absolute atomic E-state index is 12.8. The second-order valence-corrected chi connectivity index (χ2v) is 7.87. The van der Waals surface area contributed by atoms with E-state index in [1.807, 2.05) is 20.8 Å². The van der Waals surface area contributed by atoms with Gasteiger partial charge in [-0.1, -0.05) is 0 Å². The lowest BCUT2D eigenvalue weighted by atomic mass is 10.1. The lowest BCUT2D eigenvalue weighted by molar-refractivity contribution is 0.233. The minimum Gasteiger partial charge on any atom is -0.493 e. The fraction of sp³-hybridized carbons (Fsp3) is 0.571. The summed E-state index contributed by atoms with van der Waals surface area (Å²) in [6, 6.07) is 4.97. The van der Waals surface area contributed by atoms with Crippen molar-refractivity contribution in [3.63, 3.8) is 0 Å². The average molecular weight is 377 g/mol. The third-order valence-corrected chi connectivity index (χ3v) is 6.39. The van der Waals surface area contributed by atoms with Gasteiger partial charge in [0.1, 0.15) is 5.75 Å². The summed E-state index contributed by atoms with van der Waals surface area (Å²) in [7, 11) is -3.49. The maximum Gasteiger partial charge on any atom is 0.243 e.